The number of hydrogen-bond donors (Lipinski definition) is 1. The first kappa shape index (κ1) is 14.1. The number of rotatable bonds is 4. The largest absolute Gasteiger partial charge is 0.389 e. The van der Waals surface area contributed by atoms with Crippen molar-refractivity contribution in [2.45, 2.75) is 12.8 Å². The summed E-state index contributed by atoms with van der Waals surface area (Å²) in [5.74, 6) is 1.48. The van der Waals surface area contributed by atoms with E-state index in [1.54, 1.807) is 6.20 Å². The van der Waals surface area contributed by atoms with Gasteiger partial charge in [0, 0.05) is 13.6 Å². The van der Waals surface area contributed by atoms with Crippen molar-refractivity contribution in [2.24, 2.45) is 11.7 Å². The van der Waals surface area contributed by atoms with E-state index < -0.39 is 0 Å². The first-order valence-corrected chi connectivity index (χ1v) is 7.00. The zero-order valence-corrected chi connectivity index (χ0v) is 12.4. The second kappa shape index (κ2) is 6.25. The predicted molar refractivity (Wildman–Crippen MR) is 81.4 cm³/mol. The Labute approximate surface area is 119 Å². The van der Waals surface area contributed by atoms with Gasteiger partial charge >= 0.3 is 0 Å². The van der Waals surface area contributed by atoms with Crippen molar-refractivity contribution in [3.05, 3.63) is 17.8 Å². The highest BCUT2D eigenvalue weighted by Gasteiger charge is 2.20. The second-order valence-electron chi connectivity index (χ2n) is 5.26. The van der Waals surface area contributed by atoms with Crippen molar-refractivity contribution in [1.29, 1.82) is 0 Å². The number of thiocarbonyl (C=S) groups is 1. The Kier molecular flexibility index (Phi) is 4.66. The van der Waals surface area contributed by atoms with E-state index in [2.05, 4.69) is 27.0 Å². The molecular weight excluding hydrogens is 258 g/mol. The Bertz CT molecular complexity index is 442. The van der Waals surface area contributed by atoms with Crippen LogP contribution in [0.15, 0.2) is 12.3 Å². The van der Waals surface area contributed by atoms with Crippen molar-refractivity contribution in [1.82, 2.24) is 15.1 Å². The first-order valence-electron chi connectivity index (χ1n) is 6.59. The standard InChI is InChI=1S/C13H21N5S/c1-17-7-4-10(5-8-17)9-18(2)13-11(12(14)19)3-6-15-16-13/h3,6,10H,4-5,7-9H2,1-2H3,(H2,14,19). The molecule has 1 aromatic heterocycles. The predicted octanol–water partition coefficient (Wildman–Crippen LogP) is 0.889. The Morgan fingerprint density at radius 3 is 2.84 bits per heavy atom. The summed E-state index contributed by atoms with van der Waals surface area (Å²) in [7, 11) is 4.21. The van der Waals surface area contributed by atoms with Crippen LogP contribution in [0.25, 0.3) is 0 Å². The lowest BCUT2D eigenvalue weighted by Gasteiger charge is -2.32. The minimum absolute atomic E-state index is 0.375. The lowest BCUT2D eigenvalue weighted by Crippen LogP contribution is -2.36. The number of aromatic nitrogens is 2. The van der Waals surface area contributed by atoms with Gasteiger partial charge in [0.1, 0.15) is 4.99 Å². The van der Waals surface area contributed by atoms with Gasteiger partial charge in [0.15, 0.2) is 5.82 Å². The quantitative estimate of drug-likeness (QED) is 0.826. The maximum absolute atomic E-state index is 5.73. The molecule has 0 aliphatic carbocycles. The van der Waals surface area contributed by atoms with E-state index in [-0.39, 0.29) is 0 Å². The average molecular weight is 279 g/mol. The van der Waals surface area contributed by atoms with Crippen molar-refractivity contribution in [3.63, 3.8) is 0 Å². The van der Waals surface area contributed by atoms with Gasteiger partial charge in [-0.15, -0.1) is 5.10 Å². The van der Waals surface area contributed by atoms with Crippen LogP contribution >= 0.6 is 12.2 Å². The van der Waals surface area contributed by atoms with Crippen LogP contribution < -0.4 is 10.6 Å². The van der Waals surface area contributed by atoms with Gasteiger partial charge in [-0.1, -0.05) is 12.2 Å². The highest BCUT2D eigenvalue weighted by atomic mass is 32.1. The normalized spacial score (nSPS) is 17.4. The van der Waals surface area contributed by atoms with Crippen LogP contribution in [0, 0.1) is 5.92 Å². The fraction of sp³-hybridized carbons (Fsp3) is 0.615. The minimum atomic E-state index is 0.375. The Hall–Kier alpha value is -1.27. The molecule has 1 aliphatic heterocycles. The Balaban J connectivity index is 2.03. The van der Waals surface area contributed by atoms with Crippen molar-refractivity contribution < 1.29 is 0 Å². The van der Waals surface area contributed by atoms with Crippen LogP contribution in [0.4, 0.5) is 5.82 Å². The van der Waals surface area contributed by atoms with Gasteiger partial charge in [-0.05, 0) is 45.0 Å². The molecule has 2 N–H and O–H groups in total. The van der Waals surface area contributed by atoms with E-state index in [0.717, 1.165) is 17.9 Å². The number of piperidine rings is 1. The summed E-state index contributed by atoms with van der Waals surface area (Å²) in [5.41, 5.74) is 6.54. The van der Waals surface area contributed by atoms with E-state index >= 15 is 0 Å². The third kappa shape index (κ3) is 3.61. The summed E-state index contributed by atoms with van der Waals surface area (Å²) in [6.07, 6.45) is 4.08. The molecule has 2 rings (SSSR count). The molecule has 19 heavy (non-hydrogen) atoms. The lowest BCUT2D eigenvalue weighted by atomic mass is 9.96. The summed E-state index contributed by atoms with van der Waals surface area (Å²) in [4.78, 5) is 4.87. The van der Waals surface area contributed by atoms with Crippen LogP contribution in [-0.2, 0) is 0 Å². The smallest absolute Gasteiger partial charge is 0.161 e. The molecule has 5 nitrogen and oxygen atoms in total. The maximum Gasteiger partial charge on any atom is 0.161 e. The number of likely N-dealkylation sites (tertiary alicyclic amines) is 1. The van der Waals surface area contributed by atoms with Crippen LogP contribution in [0.3, 0.4) is 0 Å². The fourth-order valence-corrected chi connectivity index (χ4v) is 2.68. The first-order chi connectivity index (χ1) is 9.08. The molecule has 0 bridgehead atoms. The van der Waals surface area contributed by atoms with Gasteiger partial charge in [-0.2, -0.15) is 5.10 Å². The molecule has 2 heterocycles. The molecule has 1 fully saturated rings. The zero-order valence-electron chi connectivity index (χ0n) is 11.5. The van der Waals surface area contributed by atoms with E-state index in [1.807, 2.05) is 13.1 Å². The molecule has 1 aliphatic rings. The van der Waals surface area contributed by atoms with Crippen LogP contribution in [-0.4, -0.2) is 53.8 Å². The monoisotopic (exact) mass is 279 g/mol. The molecule has 1 saturated heterocycles. The molecule has 0 spiro atoms. The molecule has 0 amide bonds. The molecule has 0 aromatic carbocycles. The van der Waals surface area contributed by atoms with E-state index in [0.29, 0.717) is 10.9 Å². The van der Waals surface area contributed by atoms with Gasteiger partial charge in [0.2, 0.25) is 0 Å². The summed E-state index contributed by atoms with van der Waals surface area (Å²) in [5, 5.41) is 8.12. The Morgan fingerprint density at radius 1 is 1.53 bits per heavy atom. The third-order valence-electron chi connectivity index (χ3n) is 3.70. The van der Waals surface area contributed by atoms with E-state index in [9.17, 15) is 0 Å². The molecular formula is C13H21N5S. The van der Waals surface area contributed by atoms with E-state index in [4.69, 9.17) is 18.0 Å². The van der Waals surface area contributed by atoms with E-state index in [1.165, 1.54) is 25.9 Å². The molecule has 0 saturated carbocycles. The summed E-state index contributed by atoms with van der Waals surface area (Å²) >= 11 is 5.07. The SMILES string of the molecule is CN1CCC(CN(C)c2nnccc2C(N)=S)CC1. The third-order valence-corrected chi connectivity index (χ3v) is 3.92. The minimum Gasteiger partial charge on any atom is -0.389 e. The van der Waals surface area contributed by atoms with Crippen LogP contribution in [0.5, 0.6) is 0 Å². The van der Waals surface area contributed by atoms with Gasteiger partial charge in [-0.25, -0.2) is 0 Å². The van der Waals surface area contributed by atoms with Crippen molar-refractivity contribution in [2.75, 3.05) is 38.6 Å². The highest BCUT2D eigenvalue weighted by Crippen LogP contribution is 2.21. The average Bonchev–Trinajstić information content (AvgIpc) is 2.41. The maximum atomic E-state index is 5.73. The number of anilines is 1. The van der Waals surface area contributed by atoms with Crippen molar-refractivity contribution >= 4 is 23.0 Å². The topological polar surface area (TPSA) is 58.3 Å². The zero-order chi connectivity index (χ0) is 13.8. The Morgan fingerprint density at radius 2 is 2.21 bits per heavy atom. The van der Waals surface area contributed by atoms with Gasteiger partial charge in [0.25, 0.3) is 0 Å². The van der Waals surface area contributed by atoms with Crippen molar-refractivity contribution in [3.8, 4) is 0 Å². The molecule has 1 aromatic rings. The molecule has 104 valence electrons. The summed E-state index contributed by atoms with van der Waals surface area (Å²) in [6.45, 7) is 3.31. The van der Waals surface area contributed by atoms with Gasteiger partial charge in [0.05, 0.1) is 11.8 Å². The van der Waals surface area contributed by atoms with Gasteiger partial charge < -0.3 is 15.5 Å². The lowest BCUT2D eigenvalue weighted by molar-refractivity contribution is 0.222. The second-order valence-corrected chi connectivity index (χ2v) is 5.70. The number of nitrogens with two attached hydrogens (primary N) is 1. The van der Waals surface area contributed by atoms with Crippen LogP contribution in [0.1, 0.15) is 18.4 Å². The van der Waals surface area contributed by atoms with Crippen LogP contribution in [0.2, 0.25) is 0 Å². The summed E-state index contributed by atoms with van der Waals surface area (Å²) < 4.78 is 0. The highest BCUT2D eigenvalue weighted by molar-refractivity contribution is 7.80. The summed E-state index contributed by atoms with van der Waals surface area (Å²) in [6, 6.07) is 1.83. The molecule has 0 atom stereocenters. The fourth-order valence-electron chi connectivity index (χ4n) is 2.52. The molecule has 0 unspecified atom stereocenters. The molecule has 6 heteroatoms. The van der Waals surface area contributed by atoms with Gasteiger partial charge in [-0.3, -0.25) is 0 Å². The number of hydrogen-bond acceptors (Lipinski definition) is 5. The molecule has 0 radical (unpaired) electrons. The number of nitrogens with zero attached hydrogens (tertiary/aromatic N) is 4.